The Morgan fingerprint density at radius 1 is 1.33 bits per heavy atom. The normalized spacial score (nSPS) is 17.7. The van der Waals surface area contributed by atoms with Gasteiger partial charge in [-0.3, -0.25) is 0 Å². The van der Waals surface area contributed by atoms with Gasteiger partial charge in [0.2, 0.25) is 10.0 Å². The predicted octanol–water partition coefficient (Wildman–Crippen LogP) is 0.982. The molecule has 1 aromatic carbocycles. The summed E-state index contributed by atoms with van der Waals surface area (Å²) >= 11 is 0. The lowest BCUT2D eigenvalue weighted by atomic mass is 10.1. The summed E-state index contributed by atoms with van der Waals surface area (Å²) in [6, 6.07) is 2.33. The SMILES string of the molecule is NCC1(CNS(=O)(=O)c2cc(F)ccc2F)CC1. The van der Waals surface area contributed by atoms with E-state index in [1.165, 1.54) is 0 Å². The van der Waals surface area contributed by atoms with E-state index < -0.39 is 26.6 Å². The van der Waals surface area contributed by atoms with Gasteiger partial charge >= 0.3 is 0 Å². The largest absolute Gasteiger partial charge is 0.330 e. The molecule has 1 aromatic rings. The van der Waals surface area contributed by atoms with Crippen molar-refractivity contribution in [2.24, 2.45) is 11.1 Å². The number of rotatable bonds is 5. The fourth-order valence-corrected chi connectivity index (χ4v) is 2.88. The molecule has 1 aliphatic rings. The van der Waals surface area contributed by atoms with E-state index in [-0.39, 0.29) is 12.0 Å². The van der Waals surface area contributed by atoms with Gasteiger partial charge in [0, 0.05) is 6.54 Å². The number of nitrogens with two attached hydrogens (primary N) is 1. The molecule has 4 nitrogen and oxygen atoms in total. The monoisotopic (exact) mass is 276 g/mol. The summed E-state index contributed by atoms with van der Waals surface area (Å²) in [4.78, 5) is -0.671. The zero-order valence-electron chi connectivity index (χ0n) is 9.62. The molecule has 0 saturated heterocycles. The third kappa shape index (κ3) is 2.68. The van der Waals surface area contributed by atoms with Crippen LogP contribution in [0.25, 0.3) is 0 Å². The highest BCUT2D eigenvalue weighted by molar-refractivity contribution is 7.89. The fraction of sp³-hybridized carbons (Fsp3) is 0.455. The minimum Gasteiger partial charge on any atom is -0.330 e. The second kappa shape index (κ2) is 4.56. The Hall–Kier alpha value is -1.05. The molecule has 3 N–H and O–H groups in total. The van der Waals surface area contributed by atoms with Gasteiger partial charge in [-0.15, -0.1) is 0 Å². The first-order valence-corrected chi connectivity index (χ1v) is 7.02. The molecule has 0 radical (unpaired) electrons. The number of hydrogen-bond acceptors (Lipinski definition) is 3. The van der Waals surface area contributed by atoms with Crippen molar-refractivity contribution in [2.45, 2.75) is 17.7 Å². The molecule has 0 aliphatic heterocycles. The summed E-state index contributed by atoms with van der Waals surface area (Å²) in [7, 11) is -4.04. The summed E-state index contributed by atoms with van der Waals surface area (Å²) in [5.41, 5.74) is 5.31. The molecule has 2 rings (SSSR count). The highest BCUT2D eigenvalue weighted by atomic mass is 32.2. The summed E-state index contributed by atoms with van der Waals surface area (Å²) in [6.45, 7) is 0.531. The van der Waals surface area contributed by atoms with Gasteiger partial charge in [0.15, 0.2) is 0 Å². The van der Waals surface area contributed by atoms with Crippen LogP contribution in [0.4, 0.5) is 8.78 Å². The quantitative estimate of drug-likeness (QED) is 0.842. The molecule has 7 heteroatoms. The van der Waals surface area contributed by atoms with E-state index >= 15 is 0 Å². The number of sulfonamides is 1. The van der Waals surface area contributed by atoms with Gasteiger partial charge in [-0.25, -0.2) is 21.9 Å². The number of halogens is 2. The van der Waals surface area contributed by atoms with E-state index in [1.807, 2.05) is 0 Å². The van der Waals surface area contributed by atoms with Crippen LogP contribution in [0.3, 0.4) is 0 Å². The lowest BCUT2D eigenvalue weighted by Crippen LogP contribution is -2.34. The van der Waals surface area contributed by atoms with Gasteiger partial charge in [-0.05, 0) is 43.0 Å². The summed E-state index contributed by atoms with van der Waals surface area (Å²) in [6.07, 6.45) is 1.69. The van der Waals surface area contributed by atoms with Crippen molar-refractivity contribution in [2.75, 3.05) is 13.1 Å². The van der Waals surface area contributed by atoms with Gasteiger partial charge in [0.05, 0.1) is 0 Å². The first-order valence-electron chi connectivity index (χ1n) is 5.53. The zero-order valence-corrected chi connectivity index (χ0v) is 10.4. The molecule has 0 bridgehead atoms. The molecule has 0 amide bonds. The number of nitrogens with one attached hydrogen (secondary N) is 1. The Kier molecular flexibility index (Phi) is 3.39. The molecule has 0 heterocycles. The number of benzene rings is 1. The van der Waals surface area contributed by atoms with Crippen molar-refractivity contribution >= 4 is 10.0 Å². The standard InChI is InChI=1S/C11H14F2N2O2S/c12-8-1-2-9(13)10(5-8)18(16,17)15-7-11(6-14)3-4-11/h1-2,5,15H,3-4,6-7,14H2. The molecular weight excluding hydrogens is 262 g/mol. The first kappa shape index (κ1) is 13.4. The topological polar surface area (TPSA) is 72.2 Å². The summed E-state index contributed by atoms with van der Waals surface area (Å²) in [5, 5.41) is 0. The average molecular weight is 276 g/mol. The van der Waals surface area contributed by atoms with E-state index in [0.29, 0.717) is 12.6 Å². The highest BCUT2D eigenvalue weighted by Crippen LogP contribution is 2.43. The zero-order chi connectivity index (χ0) is 13.4. The van der Waals surface area contributed by atoms with Crippen LogP contribution in [-0.2, 0) is 10.0 Å². The Labute approximate surface area is 104 Å². The van der Waals surface area contributed by atoms with E-state index in [1.54, 1.807) is 0 Å². The third-order valence-electron chi connectivity index (χ3n) is 3.21. The molecular formula is C11H14F2N2O2S. The lowest BCUT2D eigenvalue weighted by Gasteiger charge is -2.14. The predicted molar refractivity (Wildman–Crippen MR) is 62.3 cm³/mol. The maximum Gasteiger partial charge on any atom is 0.243 e. The maximum absolute atomic E-state index is 13.4. The molecule has 0 aromatic heterocycles. The third-order valence-corrected chi connectivity index (χ3v) is 4.63. The van der Waals surface area contributed by atoms with Crippen molar-refractivity contribution < 1.29 is 17.2 Å². The van der Waals surface area contributed by atoms with E-state index in [0.717, 1.165) is 25.0 Å². The van der Waals surface area contributed by atoms with Crippen molar-refractivity contribution in [3.8, 4) is 0 Å². The van der Waals surface area contributed by atoms with E-state index in [2.05, 4.69) is 4.72 Å². The van der Waals surface area contributed by atoms with Crippen molar-refractivity contribution in [3.05, 3.63) is 29.8 Å². The van der Waals surface area contributed by atoms with Crippen LogP contribution >= 0.6 is 0 Å². The van der Waals surface area contributed by atoms with Crippen molar-refractivity contribution in [3.63, 3.8) is 0 Å². The maximum atomic E-state index is 13.4. The van der Waals surface area contributed by atoms with Gasteiger partial charge in [-0.2, -0.15) is 0 Å². The van der Waals surface area contributed by atoms with E-state index in [9.17, 15) is 17.2 Å². The number of hydrogen-bond donors (Lipinski definition) is 2. The van der Waals surface area contributed by atoms with Crippen LogP contribution in [-0.4, -0.2) is 21.5 Å². The lowest BCUT2D eigenvalue weighted by molar-refractivity contribution is 0.496. The molecule has 0 atom stereocenters. The average Bonchev–Trinajstić information content (AvgIpc) is 3.11. The Bertz CT molecular complexity index is 556. The smallest absolute Gasteiger partial charge is 0.243 e. The van der Waals surface area contributed by atoms with Crippen LogP contribution in [0.15, 0.2) is 23.1 Å². The van der Waals surface area contributed by atoms with Crippen LogP contribution in [0.2, 0.25) is 0 Å². The van der Waals surface area contributed by atoms with Crippen LogP contribution in [0.5, 0.6) is 0 Å². The van der Waals surface area contributed by atoms with Gasteiger partial charge in [0.1, 0.15) is 16.5 Å². The molecule has 100 valence electrons. The molecule has 18 heavy (non-hydrogen) atoms. The second-order valence-electron chi connectivity index (χ2n) is 4.60. The van der Waals surface area contributed by atoms with Crippen LogP contribution in [0.1, 0.15) is 12.8 Å². The summed E-state index contributed by atoms with van der Waals surface area (Å²) < 4.78 is 52.3. The molecule has 0 unspecified atom stereocenters. The minimum absolute atomic E-state index is 0.155. The highest BCUT2D eigenvalue weighted by Gasteiger charge is 2.42. The van der Waals surface area contributed by atoms with Gasteiger partial charge in [0.25, 0.3) is 0 Å². The Morgan fingerprint density at radius 3 is 2.56 bits per heavy atom. The van der Waals surface area contributed by atoms with E-state index in [4.69, 9.17) is 5.73 Å². The Balaban J connectivity index is 2.18. The first-order chi connectivity index (χ1) is 8.38. The minimum atomic E-state index is -4.04. The molecule has 0 spiro atoms. The van der Waals surface area contributed by atoms with Gasteiger partial charge in [-0.1, -0.05) is 0 Å². The van der Waals surface area contributed by atoms with Crippen LogP contribution < -0.4 is 10.5 Å². The molecule has 1 saturated carbocycles. The van der Waals surface area contributed by atoms with Crippen LogP contribution in [0, 0.1) is 17.0 Å². The fourth-order valence-electron chi connectivity index (χ4n) is 1.64. The second-order valence-corrected chi connectivity index (χ2v) is 6.34. The molecule has 1 fully saturated rings. The van der Waals surface area contributed by atoms with Gasteiger partial charge < -0.3 is 5.73 Å². The van der Waals surface area contributed by atoms with Crippen molar-refractivity contribution in [1.82, 2.24) is 4.72 Å². The summed E-state index contributed by atoms with van der Waals surface area (Å²) in [5.74, 6) is -1.77. The Morgan fingerprint density at radius 2 is 2.00 bits per heavy atom. The molecule has 1 aliphatic carbocycles. The van der Waals surface area contributed by atoms with Crippen molar-refractivity contribution in [1.29, 1.82) is 0 Å².